The van der Waals surface area contributed by atoms with Gasteiger partial charge in [-0.25, -0.2) is 0 Å². The molecule has 1 aliphatic heterocycles. The van der Waals surface area contributed by atoms with Crippen LogP contribution in [-0.2, 0) is 11.0 Å². The molecule has 0 aliphatic carbocycles. The van der Waals surface area contributed by atoms with Gasteiger partial charge in [0, 0.05) is 17.1 Å². The topological polar surface area (TPSA) is 37.6 Å². The van der Waals surface area contributed by atoms with Gasteiger partial charge in [0.1, 0.15) is 0 Å². The number of aromatic nitrogens is 1. The van der Waals surface area contributed by atoms with Crippen LogP contribution in [0.2, 0.25) is 0 Å². The van der Waals surface area contributed by atoms with Gasteiger partial charge in [0.15, 0.2) is 0 Å². The van der Waals surface area contributed by atoms with E-state index in [2.05, 4.69) is 31.1 Å². The van der Waals surface area contributed by atoms with Crippen LogP contribution in [0.15, 0.2) is 28.6 Å². The smallest absolute Gasteiger partial charge is 0.260 e. The highest BCUT2D eigenvalue weighted by atomic mass is 79.9. The van der Waals surface area contributed by atoms with Crippen LogP contribution in [0.3, 0.4) is 0 Å². The summed E-state index contributed by atoms with van der Waals surface area (Å²) in [6.45, 7) is 0. The normalized spacial score (nSPS) is 17.9. The Kier molecular flexibility index (Phi) is 2.29. The molecule has 80 valence electrons. The average molecular weight is 280 g/mol. The van der Waals surface area contributed by atoms with Gasteiger partial charge in [-0.1, -0.05) is 22.0 Å². The number of hydrogen-bond donors (Lipinski definition) is 0. The van der Waals surface area contributed by atoms with E-state index < -0.39 is 11.8 Å². The number of nitrogens with zero attached hydrogens (tertiary/aromatic N) is 3. The highest BCUT2D eigenvalue weighted by Gasteiger charge is 2.65. The van der Waals surface area contributed by atoms with Crippen LogP contribution in [0.1, 0.15) is 11.3 Å². The Balaban J connectivity index is 2.31. The third-order valence-electron chi connectivity index (χ3n) is 2.06. The van der Waals surface area contributed by atoms with Crippen LogP contribution in [0.25, 0.3) is 0 Å². The largest absolute Gasteiger partial charge is 0.442 e. The summed E-state index contributed by atoms with van der Waals surface area (Å²) in [5.74, 6) is 0. The van der Waals surface area contributed by atoms with Gasteiger partial charge in [0.05, 0.1) is 5.69 Å². The van der Waals surface area contributed by atoms with E-state index >= 15 is 0 Å². The number of halogens is 4. The maximum atomic E-state index is 12.5. The van der Waals surface area contributed by atoms with Crippen molar-refractivity contribution in [3.05, 3.63) is 29.6 Å². The summed E-state index contributed by atoms with van der Waals surface area (Å²) in [6.07, 6.45) is -3.32. The van der Waals surface area contributed by atoms with Crippen LogP contribution < -0.4 is 0 Å². The van der Waals surface area contributed by atoms with E-state index in [1.165, 1.54) is 12.1 Å². The van der Waals surface area contributed by atoms with E-state index in [9.17, 15) is 13.2 Å². The van der Waals surface area contributed by atoms with Gasteiger partial charge in [-0.3, -0.25) is 4.98 Å². The molecular weight excluding hydrogens is 275 g/mol. The molecule has 0 bridgehead atoms. The molecule has 7 heteroatoms. The monoisotopic (exact) mass is 279 g/mol. The predicted octanol–water partition coefficient (Wildman–Crippen LogP) is 3.16. The zero-order valence-corrected chi connectivity index (χ0v) is 8.88. The molecule has 0 saturated heterocycles. The molecule has 0 radical (unpaired) electrons. The van der Waals surface area contributed by atoms with E-state index in [1.54, 1.807) is 0 Å². The number of hydrogen-bond acceptors (Lipinski definition) is 3. The summed E-state index contributed by atoms with van der Waals surface area (Å²) in [5, 5.41) is 6.66. The Bertz CT molecular complexity index is 393. The Morgan fingerprint density at radius 2 is 1.93 bits per heavy atom. The maximum absolute atomic E-state index is 12.5. The molecule has 1 aromatic heterocycles. The van der Waals surface area contributed by atoms with E-state index in [0.717, 1.165) is 6.20 Å². The van der Waals surface area contributed by atoms with Crippen LogP contribution >= 0.6 is 15.9 Å². The molecule has 0 aromatic carbocycles. The first-order valence-electron chi connectivity index (χ1n) is 4.02. The molecule has 1 aromatic rings. The fraction of sp³-hybridized carbons (Fsp3) is 0.375. The molecule has 0 saturated carbocycles. The van der Waals surface area contributed by atoms with Crippen LogP contribution in [0.4, 0.5) is 13.2 Å². The standard InChI is InChI=1S/C8H5BrF3N3/c9-3-6-2-1-5(4-13-6)7(14-15-7)8(10,11)12/h1-2,4H,3H2. The van der Waals surface area contributed by atoms with E-state index in [-0.39, 0.29) is 5.56 Å². The first kappa shape index (κ1) is 10.5. The summed E-state index contributed by atoms with van der Waals surface area (Å²) in [5.41, 5.74) is -1.73. The minimum atomic E-state index is -4.48. The summed E-state index contributed by atoms with van der Waals surface area (Å²) in [7, 11) is 0. The fourth-order valence-corrected chi connectivity index (χ4v) is 1.48. The quantitative estimate of drug-likeness (QED) is 0.767. The van der Waals surface area contributed by atoms with Gasteiger partial charge in [-0.2, -0.15) is 13.2 Å². The molecule has 0 atom stereocenters. The van der Waals surface area contributed by atoms with E-state index in [1.807, 2.05) is 0 Å². The Labute approximate surface area is 91.6 Å². The lowest BCUT2D eigenvalue weighted by Crippen LogP contribution is -2.30. The third-order valence-corrected chi connectivity index (χ3v) is 2.63. The molecule has 0 spiro atoms. The van der Waals surface area contributed by atoms with Crippen molar-refractivity contribution in [3.8, 4) is 0 Å². The molecular formula is C8H5BrF3N3. The maximum Gasteiger partial charge on any atom is 0.442 e. The lowest BCUT2D eigenvalue weighted by Gasteiger charge is -2.14. The lowest BCUT2D eigenvalue weighted by atomic mass is 10.1. The van der Waals surface area contributed by atoms with Gasteiger partial charge >= 0.3 is 11.8 Å². The highest BCUT2D eigenvalue weighted by Crippen LogP contribution is 2.51. The highest BCUT2D eigenvalue weighted by molar-refractivity contribution is 9.08. The number of alkyl halides is 4. The molecule has 2 heterocycles. The summed E-state index contributed by atoms with van der Waals surface area (Å²) in [6, 6.07) is 2.86. The molecule has 0 fully saturated rings. The summed E-state index contributed by atoms with van der Waals surface area (Å²) >= 11 is 3.16. The SMILES string of the molecule is FC(F)(F)C1(c2ccc(CBr)nc2)N=N1. The molecule has 2 rings (SSSR count). The van der Waals surface area contributed by atoms with Crippen molar-refractivity contribution in [2.75, 3.05) is 0 Å². The molecule has 0 amide bonds. The predicted molar refractivity (Wildman–Crippen MR) is 49.5 cm³/mol. The Hall–Kier alpha value is -0.980. The number of rotatable bonds is 2. The van der Waals surface area contributed by atoms with Crippen molar-refractivity contribution in [3.63, 3.8) is 0 Å². The van der Waals surface area contributed by atoms with E-state index in [4.69, 9.17) is 0 Å². The molecule has 0 unspecified atom stereocenters. The second kappa shape index (κ2) is 3.26. The second-order valence-corrected chi connectivity index (χ2v) is 3.60. The third kappa shape index (κ3) is 1.64. The van der Waals surface area contributed by atoms with Crippen molar-refractivity contribution in [2.45, 2.75) is 17.2 Å². The summed E-state index contributed by atoms with van der Waals surface area (Å²) < 4.78 is 37.6. The van der Waals surface area contributed by atoms with Crippen molar-refractivity contribution < 1.29 is 13.2 Å². The molecule has 3 nitrogen and oxygen atoms in total. The van der Waals surface area contributed by atoms with Crippen molar-refractivity contribution in [1.29, 1.82) is 0 Å². The zero-order valence-electron chi connectivity index (χ0n) is 7.29. The lowest BCUT2D eigenvalue weighted by molar-refractivity contribution is -0.166. The minimum Gasteiger partial charge on any atom is -0.260 e. The van der Waals surface area contributed by atoms with Gasteiger partial charge < -0.3 is 0 Å². The number of pyridine rings is 1. The van der Waals surface area contributed by atoms with Gasteiger partial charge in [-0.05, 0) is 6.07 Å². The van der Waals surface area contributed by atoms with Crippen LogP contribution in [0.5, 0.6) is 0 Å². The van der Waals surface area contributed by atoms with Crippen molar-refractivity contribution in [1.82, 2.24) is 4.98 Å². The first-order chi connectivity index (χ1) is 6.99. The Morgan fingerprint density at radius 3 is 2.27 bits per heavy atom. The Morgan fingerprint density at radius 1 is 1.27 bits per heavy atom. The van der Waals surface area contributed by atoms with Crippen LogP contribution in [0, 0.1) is 0 Å². The summed E-state index contributed by atoms with van der Waals surface area (Å²) in [4.78, 5) is 3.85. The molecule has 1 aliphatic rings. The molecule has 15 heavy (non-hydrogen) atoms. The first-order valence-corrected chi connectivity index (χ1v) is 5.14. The molecule has 0 N–H and O–H groups in total. The second-order valence-electron chi connectivity index (χ2n) is 3.04. The fourth-order valence-electron chi connectivity index (χ4n) is 1.15. The van der Waals surface area contributed by atoms with Gasteiger partial charge in [-0.15, -0.1) is 10.2 Å². The average Bonchev–Trinajstić information content (AvgIpc) is 2.98. The van der Waals surface area contributed by atoms with Gasteiger partial charge in [0.25, 0.3) is 0 Å². The van der Waals surface area contributed by atoms with E-state index in [0.29, 0.717) is 11.0 Å². The zero-order chi connectivity index (χ0) is 11.1. The van der Waals surface area contributed by atoms with Crippen molar-refractivity contribution in [2.24, 2.45) is 10.2 Å². The van der Waals surface area contributed by atoms with Crippen molar-refractivity contribution >= 4 is 15.9 Å². The van der Waals surface area contributed by atoms with Gasteiger partial charge in [0.2, 0.25) is 0 Å². The van der Waals surface area contributed by atoms with Crippen LogP contribution in [-0.4, -0.2) is 11.2 Å². The minimum absolute atomic E-state index is 0.0419.